The van der Waals surface area contributed by atoms with Crippen LogP contribution in [-0.2, 0) is 4.74 Å². The normalized spacial score (nSPS) is 13.4. The standard InChI is InChI=1S/C18H16N4O3S/c1-25-18(24)16-6-12(9-26-16)21-17(23)14-7-13(4-5-19-14)22-8-15(20-10-22)11-2-3-11/h4-11H,2-3H2,1H3,(H,21,23). The van der Waals surface area contributed by atoms with E-state index in [-0.39, 0.29) is 11.6 Å². The van der Waals surface area contributed by atoms with Gasteiger partial charge in [0, 0.05) is 23.7 Å². The third-order valence-electron chi connectivity index (χ3n) is 4.12. The largest absolute Gasteiger partial charge is 0.465 e. The molecule has 1 saturated carbocycles. The van der Waals surface area contributed by atoms with E-state index in [1.54, 1.807) is 30.0 Å². The van der Waals surface area contributed by atoms with Gasteiger partial charge in [-0.1, -0.05) is 0 Å². The van der Waals surface area contributed by atoms with Crippen molar-refractivity contribution >= 4 is 28.9 Å². The number of nitrogens with zero attached hydrogens (tertiary/aromatic N) is 3. The molecule has 1 fully saturated rings. The molecule has 7 nitrogen and oxygen atoms in total. The summed E-state index contributed by atoms with van der Waals surface area (Å²) < 4.78 is 6.56. The Balaban J connectivity index is 1.50. The van der Waals surface area contributed by atoms with Gasteiger partial charge in [0.15, 0.2) is 0 Å². The SMILES string of the molecule is COC(=O)c1cc(NC(=O)c2cc(-n3cnc(C4CC4)c3)ccn2)cs1. The van der Waals surface area contributed by atoms with E-state index in [4.69, 9.17) is 0 Å². The fourth-order valence-corrected chi connectivity index (χ4v) is 3.33. The first-order valence-electron chi connectivity index (χ1n) is 8.12. The molecule has 1 aliphatic carbocycles. The van der Waals surface area contributed by atoms with Gasteiger partial charge in [-0.25, -0.2) is 9.78 Å². The summed E-state index contributed by atoms with van der Waals surface area (Å²) in [5, 5.41) is 4.43. The Morgan fingerprint density at radius 1 is 1.31 bits per heavy atom. The zero-order chi connectivity index (χ0) is 18.1. The van der Waals surface area contributed by atoms with Crippen molar-refractivity contribution in [3.8, 4) is 5.69 Å². The number of amides is 1. The molecule has 3 aromatic rings. The molecular formula is C18H16N4O3S. The molecule has 26 heavy (non-hydrogen) atoms. The molecule has 0 atom stereocenters. The van der Waals surface area contributed by atoms with Crippen LogP contribution in [0.1, 0.15) is 44.6 Å². The fraction of sp³-hybridized carbons (Fsp3) is 0.222. The van der Waals surface area contributed by atoms with Gasteiger partial charge in [-0.05, 0) is 31.0 Å². The van der Waals surface area contributed by atoms with E-state index in [0.717, 1.165) is 11.4 Å². The Labute approximate surface area is 153 Å². The minimum atomic E-state index is -0.429. The molecular weight excluding hydrogens is 352 g/mol. The minimum Gasteiger partial charge on any atom is -0.465 e. The number of aromatic nitrogens is 3. The van der Waals surface area contributed by atoms with Crippen molar-refractivity contribution in [3.63, 3.8) is 0 Å². The van der Waals surface area contributed by atoms with Gasteiger partial charge in [0.1, 0.15) is 10.6 Å². The number of hydrogen-bond acceptors (Lipinski definition) is 6. The van der Waals surface area contributed by atoms with Gasteiger partial charge < -0.3 is 14.6 Å². The molecule has 0 aliphatic heterocycles. The molecule has 0 spiro atoms. The predicted molar refractivity (Wildman–Crippen MR) is 96.9 cm³/mol. The van der Waals surface area contributed by atoms with E-state index in [1.165, 1.54) is 31.3 Å². The summed E-state index contributed by atoms with van der Waals surface area (Å²) in [6.45, 7) is 0. The Bertz CT molecular complexity index is 974. The first kappa shape index (κ1) is 16.5. The lowest BCUT2D eigenvalue weighted by molar-refractivity contribution is 0.0606. The van der Waals surface area contributed by atoms with E-state index in [1.807, 2.05) is 16.8 Å². The van der Waals surface area contributed by atoms with Crippen LogP contribution in [0.3, 0.4) is 0 Å². The van der Waals surface area contributed by atoms with Crippen LogP contribution in [0.2, 0.25) is 0 Å². The molecule has 0 radical (unpaired) electrons. The number of thiophene rings is 1. The Hall–Kier alpha value is -3.00. The first-order chi connectivity index (χ1) is 12.6. The second-order valence-electron chi connectivity index (χ2n) is 6.02. The highest BCUT2D eigenvalue weighted by molar-refractivity contribution is 7.12. The summed E-state index contributed by atoms with van der Waals surface area (Å²) in [6, 6.07) is 5.12. The van der Waals surface area contributed by atoms with Crippen molar-refractivity contribution < 1.29 is 14.3 Å². The van der Waals surface area contributed by atoms with Gasteiger partial charge in [0.2, 0.25) is 0 Å². The van der Waals surface area contributed by atoms with Crippen LogP contribution in [0, 0.1) is 0 Å². The molecule has 1 aliphatic rings. The Morgan fingerprint density at radius 2 is 2.15 bits per heavy atom. The van der Waals surface area contributed by atoms with Crippen molar-refractivity contribution in [2.75, 3.05) is 12.4 Å². The molecule has 0 aromatic carbocycles. The summed E-state index contributed by atoms with van der Waals surface area (Å²) >= 11 is 1.21. The second kappa shape index (κ2) is 6.72. The van der Waals surface area contributed by atoms with Gasteiger partial charge >= 0.3 is 5.97 Å². The third kappa shape index (κ3) is 3.36. The summed E-state index contributed by atoms with van der Waals surface area (Å²) in [7, 11) is 1.32. The van der Waals surface area contributed by atoms with Crippen LogP contribution < -0.4 is 5.32 Å². The van der Waals surface area contributed by atoms with Gasteiger partial charge in [0.05, 0.1) is 30.5 Å². The van der Waals surface area contributed by atoms with Crippen molar-refractivity contribution in [1.29, 1.82) is 0 Å². The van der Waals surface area contributed by atoms with Crippen LogP contribution >= 0.6 is 11.3 Å². The average molecular weight is 368 g/mol. The molecule has 1 amide bonds. The third-order valence-corrected chi connectivity index (χ3v) is 5.03. The van der Waals surface area contributed by atoms with Gasteiger partial charge in [-0.15, -0.1) is 11.3 Å². The number of rotatable bonds is 5. The van der Waals surface area contributed by atoms with E-state index in [0.29, 0.717) is 16.5 Å². The molecule has 0 unspecified atom stereocenters. The second-order valence-corrected chi connectivity index (χ2v) is 6.94. The number of carbonyl (C=O) groups excluding carboxylic acids is 2. The molecule has 1 N–H and O–H groups in total. The molecule has 132 valence electrons. The van der Waals surface area contributed by atoms with Crippen LogP contribution in [-0.4, -0.2) is 33.5 Å². The van der Waals surface area contributed by atoms with Crippen LogP contribution in [0.4, 0.5) is 5.69 Å². The monoisotopic (exact) mass is 368 g/mol. The number of methoxy groups -OCH3 is 1. The Kier molecular flexibility index (Phi) is 4.26. The number of carbonyl (C=O) groups is 2. The topological polar surface area (TPSA) is 86.1 Å². The van der Waals surface area contributed by atoms with Crippen molar-refractivity contribution in [2.45, 2.75) is 18.8 Å². The molecule has 3 aromatic heterocycles. The zero-order valence-corrected chi connectivity index (χ0v) is 14.8. The summed E-state index contributed by atoms with van der Waals surface area (Å²) in [5.74, 6) is -0.200. The van der Waals surface area contributed by atoms with Gasteiger partial charge in [0.25, 0.3) is 5.91 Å². The number of imidazole rings is 1. The maximum Gasteiger partial charge on any atom is 0.348 e. The highest BCUT2D eigenvalue weighted by Crippen LogP contribution is 2.39. The Morgan fingerprint density at radius 3 is 2.92 bits per heavy atom. The lowest BCUT2D eigenvalue weighted by Crippen LogP contribution is -2.13. The lowest BCUT2D eigenvalue weighted by Gasteiger charge is -2.05. The molecule has 0 saturated heterocycles. The summed E-state index contributed by atoms with van der Waals surface area (Å²) in [4.78, 5) is 32.9. The summed E-state index contributed by atoms with van der Waals surface area (Å²) in [5.41, 5.74) is 2.73. The smallest absolute Gasteiger partial charge is 0.348 e. The maximum atomic E-state index is 12.5. The highest BCUT2D eigenvalue weighted by Gasteiger charge is 2.25. The average Bonchev–Trinajstić information content (AvgIpc) is 3.21. The molecule has 8 heteroatoms. The number of hydrogen-bond donors (Lipinski definition) is 1. The lowest BCUT2D eigenvalue weighted by atomic mass is 10.3. The number of nitrogens with one attached hydrogen (secondary N) is 1. The number of ether oxygens (including phenoxy) is 1. The summed E-state index contributed by atoms with van der Waals surface area (Å²) in [6.07, 6.45) is 7.72. The van der Waals surface area contributed by atoms with Gasteiger partial charge in [-0.2, -0.15) is 0 Å². The van der Waals surface area contributed by atoms with E-state index >= 15 is 0 Å². The van der Waals surface area contributed by atoms with Crippen LogP contribution in [0.5, 0.6) is 0 Å². The number of anilines is 1. The highest BCUT2D eigenvalue weighted by atomic mass is 32.1. The van der Waals surface area contributed by atoms with Crippen molar-refractivity contribution in [3.05, 3.63) is 58.6 Å². The maximum absolute atomic E-state index is 12.5. The number of esters is 1. The van der Waals surface area contributed by atoms with Crippen LogP contribution in [0.15, 0.2) is 42.3 Å². The minimum absolute atomic E-state index is 0.287. The van der Waals surface area contributed by atoms with Gasteiger partial charge in [-0.3, -0.25) is 9.78 Å². The van der Waals surface area contributed by atoms with E-state index in [9.17, 15) is 9.59 Å². The predicted octanol–water partition coefficient (Wildman–Crippen LogP) is 3.25. The molecule has 4 rings (SSSR count). The zero-order valence-electron chi connectivity index (χ0n) is 14.0. The fourth-order valence-electron chi connectivity index (χ4n) is 2.58. The van der Waals surface area contributed by atoms with E-state index in [2.05, 4.69) is 20.0 Å². The first-order valence-corrected chi connectivity index (χ1v) is 9.00. The van der Waals surface area contributed by atoms with Crippen molar-refractivity contribution in [2.24, 2.45) is 0 Å². The molecule has 0 bridgehead atoms. The van der Waals surface area contributed by atoms with Crippen LogP contribution in [0.25, 0.3) is 5.69 Å². The number of pyridine rings is 1. The van der Waals surface area contributed by atoms with E-state index < -0.39 is 5.97 Å². The molecule has 3 heterocycles. The quantitative estimate of drug-likeness (QED) is 0.699. The van der Waals surface area contributed by atoms with Crippen molar-refractivity contribution in [1.82, 2.24) is 14.5 Å².